The number of phenolic OH excluding ortho intramolecular Hbond substituents is 1. The first-order chi connectivity index (χ1) is 9.18. The van der Waals surface area contributed by atoms with Crippen molar-refractivity contribution in [2.24, 2.45) is 0 Å². The summed E-state index contributed by atoms with van der Waals surface area (Å²) in [6, 6.07) is 14.3. The highest BCUT2D eigenvalue weighted by atomic mass is 16.3. The molecule has 0 spiro atoms. The van der Waals surface area contributed by atoms with Crippen LogP contribution in [0, 0.1) is 6.92 Å². The van der Waals surface area contributed by atoms with Crippen molar-refractivity contribution < 1.29 is 9.90 Å². The number of ketones is 1. The number of benzene rings is 2. The smallest absolute Gasteiger partial charge is 0.190 e. The van der Waals surface area contributed by atoms with E-state index in [0.29, 0.717) is 5.56 Å². The quantitative estimate of drug-likeness (QED) is 0.647. The molecule has 0 saturated carbocycles. The first-order valence-electron chi connectivity index (χ1n) is 5.99. The fraction of sp³-hybridized carbons (Fsp3) is 0.0625. The molecule has 0 aliphatic rings. The Labute approximate surface area is 112 Å². The molecule has 19 heavy (non-hydrogen) atoms. The van der Waals surface area contributed by atoms with E-state index < -0.39 is 0 Å². The van der Waals surface area contributed by atoms with Gasteiger partial charge >= 0.3 is 0 Å². The summed E-state index contributed by atoms with van der Waals surface area (Å²) >= 11 is 0. The average molecular weight is 253 g/mol. The molecule has 0 saturated heterocycles. The van der Waals surface area contributed by atoms with Crippen molar-refractivity contribution in [3.63, 3.8) is 0 Å². The largest absolute Gasteiger partial charge is 0.507 e. The van der Waals surface area contributed by atoms with Gasteiger partial charge < -0.3 is 10.4 Å². The molecule has 2 rings (SSSR count). The highest BCUT2D eigenvalue weighted by molar-refractivity contribution is 6.06. The molecule has 0 atom stereocenters. The molecule has 0 radical (unpaired) electrons. The Morgan fingerprint density at radius 3 is 2.53 bits per heavy atom. The van der Waals surface area contributed by atoms with E-state index in [2.05, 4.69) is 5.32 Å². The number of anilines is 1. The van der Waals surface area contributed by atoms with Gasteiger partial charge in [-0.3, -0.25) is 4.79 Å². The molecule has 96 valence electrons. The molecule has 3 heteroatoms. The summed E-state index contributed by atoms with van der Waals surface area (Å²) < 4.78 is 0. The van der Waals surface area contributed by atoms with Crippen molar-refractivity contribution in [1.29, 1.82) is 0 Å². The lowest BCUT2D eigenvalue weighted by atomic mass is 10.1. The van der Waals surface area contributed by atoms with Crippen LogP contribution >= 0.6 is 0 Å². The van der Waals surface area contributed by atoms with Crippen LogP contribution in [0.3, 0.4) is 0 Å². The van der Waals surface area contributed by atoms with E-state index in [0.717, 1.165) is 11.3 Å². The molecule has 2 aromatic rings. The Bertz CT molecular complexity index is 618. The van der Waals surface area contributed by atoms with Crippen LogP contribution < -0.4 is 5.32 Å². The monoisotopic (exact) mass is 253 g/mol. The molecule has 0 heterocycles. The minimum atomic E-state index is -0.237. The van der Waals surface area contributed by atoms with Crippen LogP contribution in [0.5, 0.6) is 5.75 Å². The average Bonchev–Trinajstić information content (AvgIpc) is 2.41. The summed E-state index contributed by atoms with van der Waals surface area (Å²) in [6.07, 6.45) is 2.98. The van der Waals surface area contributed by atoms with Crippen LogP contribution in [0.25, 0.3) is 0 Å². The molecular formula is C16H15NO2. The van der Waals surface area contributed by atoms with E-state index >= 15 is 0 Å². The number of para-hydroxylation sites is 2. The van der Waals surface area contributed by atoms with Gasteiger partial charge in [-0.1, -0.05) is 30.3 Å². The van der Waals surface area contributed by atoms with Gasteiger partial charge in [-0.25, -0.2) is 0 Å². The van der Waals surface area contributed by atoms with E-state index in [1.807, 2.05) is 31.2 Å². The van der Waals surface area contributed by atoms with Gasteiger partial charge in [0.15, 0.2) is 5.78 Å². The Balaban J connectivity index is 2.06. The molecule has 2 N–H and O–H groups in total. The van der Waals surface area contributed by atoms with E-state index in [9.17, 15) is 9.90 Å². The summed E-state index contributed by atoms with van der Waals surface area (Å²) in [5, 5.41) is 12.6. The number of carbonyl (C=O) groups is 1. The van der Waals surface area contributed by atoms with Gasteiger partial charge in [0.1, 0.15) is 5.75 Å². The number of allylic oxidation sites excluding steroid dienone is 1. The maximum absolute atomic E-state index is 11.9. The summed E-state index contributed by atoms with van der Waals surface area (Å²) in [5.74, 6) is -0.243. The van der Waals surface area contributed by atoms with Gasteiger partial charge in [0.25, 0.3) is 0 Å². The first kappa shape index (κ1) is 12.9. The van der Waals surface area contributed by atoms with E-state index in [4.69, 9.17) is 0 Å². The molecule has 0 fully saturated rings. The fourth-order valence-corrected chi connectivity index (χ4v) is 1.71. The van der Waals surface area contributed by atoms with Crippen LogP contribution in [0.2, 0.25) is 0 Å². The minimum Gasteiger partial charge on any atom is -0.507 e. The lowest BCUT2D eigenvalue weighted by Gasteiger charge is -2.04. The summed E-state index contributed by atoms with van der Waals surface area (Å²) in [7, 11) is 0. The van der Waals surface area contributed by atoms with Gasteiger partial charge in [0.2, 0.25) is 0 Å². The maximum Gasteiger partial charge on any atom is 0.190 e. The Hall–Kier alpha value is -2.55. The minimum absolute atomic E-state index is 0.00644. The van der Waals surface area contributed by atoms with Crippen LogP contribution in [0.15, 0.2) is 60.8 Å². The van der Waals surface area contributed by atoms with E-state index in [1.165, 1.54) is 12.1 Å². The highest BCUT2D eigenvalue weighted by Crippen LogP contribution is 2.17. The second kappa shape index (κ2) is 5.87. The highest BCUT2D eigenvalue weighted by Gasteiger charge is 2.06. The maximum atomic E-state index is 11.9. The first-order valence-corrected chi connectivity index (χ1v) is 5.99. The van der Waals surface area contributed by atoms with Crippen molar-refractivity contribution in [2.75, 3.05) is 5.32 Å². The number of phenols is 1. The molecule has 0 aromatic heterocycles. The molecular weight excluding hydrogens is 238 g/mol. The van der Waals surface area contributed by atoms with E-state index in [-0.39, 0.29) is 11.5 Å². The van der Waals surface area contributed by atoms with E-state index in [1.54, 1.807) is 24.4 Å². The SMILES string of the molecule is Cc1ccccc1N/C=C/C(=O)c1ccccc1O. The van der Waals surface area contributed by atoms with Crippen molar-refractivity contribution in [3.05, 3.63) is 71.9 Å². The van der Waals surface area contributed by atoms with Crippen molar-refractivity contribution in [2.45, 2.75) is 6.92 Å². The lowest BCUT2D eigenvalue weighted by Crippen LogP contribution is -1.97. The molecule has 2 aromatic carbocycles. The second-order valence-corrected chi connectivity index (χ2v) is 4.17. The third-order valence-corrected chi connectivity index (χ3v) is 2.79. The Morgan fingerprint density at radius 2 is 1.79 bits per heavy atom. The number of nitrogens with one attached hydrogen (secondary N) is 1. The van der Waals surface area contributed by atoms with Gasteiger partial charge in [-0.15, -0.1) is 0 Å². The fourth-order valence-electron chi connectivity index (χ4n) is 1.71. The Kier molecular flexibility index (Phi) is 3.98. The third kappa shape index (κ3) is 3.22. The Morgan fingerprint density at radius 1 is 1.11 bits per heavy atom. The summed E-state index contributed by atoms with van der Waals surface area (Å²) in [6.45, 7) is 1.99. The van der Waals surface area contributed by atoms with Crippen molar-refractivity contribution >= 4 is 11.5 Å². The standard InChI is InChI=1S/C16H15NO2/c1-12-6-2-4-8-14(12)17-11-10-16(19)13-7-3-5-9-15(13)18/h2-11,17-18H,1H3/b11-10+. The zero-order valence-electron chi connectivity index (χ0n) is 10.6. The van der Waals surface area contributed by atoms with Crippen LogP contribution in [-0.2, 0) is 0 Å². The second-order valence-electron chi connectivity index (χ2n) is 4.17. The van der Waals surface area contributed by atoms with Crippen molar-refractivity contribution in [1.82, 2.24) is 0 Å². The molecule has 0 amide bonds. The number of aryl methyl sites for hydroxylation is 1. The van der Waals surface area contributed by atoms with Crippen LogP contribution in [0.4, 0.5) is 5.69 Å². The normalized spacial score (nSPS) is 10.6. The lowest BCUT2D eigenvalue weighted by molar-refractivity contribution is 0.104. The zero-order valence-corrected chi connectivity index (χ0v) is 10.6. The number of hydrogen-bond donors (Lipinski definition) is 2. The molecule has 0 bridgehead atoms. The number of carbonyl (C=O) groups excluding carboxylic acids is 1. The predicted octanol–water partition coefficient (Wildman–Crippen LogP) is 3.51. The zero-order chi connectivity index (χ0) is 13.7. The van der Waals surface area contributed by atoms with Gasteiger partial charge in [0.05, 0.1) is 5.56 Å². The number of rotatable bonds is 4. The van der Waals surface area contributed by atoms with Crippen LogP contribution in [0.1, 0.15) is 15.9 Å². The molecule has 0 unspecified atom stereocenters. The topological polar surface area (TPSA) is 49.3 Å². The van der Waals surface area contributed by atoms with Gasteiger partial charge in [0, 0.05) is 18.0 Å². The predicted molar refractivity (Wildman–Crippen MR) is 76.4 cm³/mol. The van der Waals surface area contributed by atoms with Gasteiger partial charge in [-0.2, -0.15) is 0 Å². The van der Waals surface area contributed by atoms with Crippen LogP contribution in [-0.4, -0.2) is 10.9 Å². The number of aromatic hydroxyl groups is 1. The summed E-state index contributed by atoms with van der Waals surface area (Å²) in [4.78, 5) is 11.9. The summed E-state index contributed by atoms with van der Waals surface area (Å²) in [5.41, 5.74) is 2.34. The third-order valence-electron chi connectivity index (χ3n) is 2.79. The number of hydrogen-bond acceptors (Lipinski definition) is 3. The van der Waals surface area contributed by atoms with Crippen molar-refractivity contribution in [3.8, 4) is 5.75 Å². The molecule has 0 aliphatic heterocycles. The molecule has 0 aliphatic carbocycles. The molecule has 3 nitrogen and oxygen atoms in total. The van der Waals surface area contributed by atoms with Gasteiger partial charge in [-0.05, 0) is 30.7 Å².